The van der Waals surface area contributed by atoms with Crippen molar-refractivity contribution in [2.45, 2.75) is 38.8 Å². The van der Waals surface area contributed by atoms with Crippen LogP contribution < -0.4 is 15.5 Å². The van der Waals surface area contributed by atoms with E-state index in [4.69, 9.17) is 4.74 Å². The van der Waals surface area contributed by atoms with Crippen molar-refractivity contribution in [1.82, 2.24) is 10.6 Å². The van der Waals surface area contributed by atoms with Gasteiger partial charge in [-0.1, -0.05) is 18.2 Å². The topological polar surface area (TPSA) is 48.9 Å². The number of anilines is 1. The van der Waals surface area contributed by atoms with Crippen LogP contribution in [0, 0.1) is 0 Å². The van der Waals surface area contributed by atoms with E-state index in [0.717, 1.165) is 45.0 Å². The lowest BCUT2D eigenvalue weighted by atomic mass is 10.3. The molecule has 0 aromatic heterocycles. The molecule has 1 atom stereocenters. The maximum Gasteiger partial charge on any atom is 0.191 e. The van der Waals surface area contributed by atoms with Crippen molar-refractivity contribution >= 4 is 11.6 Å². The number of nitrogens with zero attached hydrogens (tertiary/aromatic N) is 2. The van der Waals surface area contributed by atoms with Crippen LogP contribution in [0.3, 0.4) is 0 Å². The standard InChI is InChI=1S/C18H30N4O/c1-15(2)23-13-7-11-20-18(19-3)21-16-10-12-22(14-16)17-8-5-4-6-9-17/h4-6,8-9,15-16H,7,10-14H2,1-3H3,(H2,19,20,21). The Kier molecular flexibility index (Phi) is 7.20. The van der Waals surface area contributed by atoms with Crippen LogP contribution in [0.2, 0.25) is 0 Å². The van der Waals surface area contributed by atoms with Crippen molar-refractivity contribution in [2.75, 3.05) is 38.2 Å². The predicted octanol–water partition coefficient (Wildman–Crippen LogP) is 2.25. The molecule has 5 heteroatoms. The van der Waals surface area contributed by atoms with Crippen LogP contribution in [0.25, 0.3) is 0 Å². The Bertz CT molecular complexity index is 475. The highest BCUT2D eigenvalue weighted by molar-refractivity contribution is 5.80. The van der Waals surface area contributed by atoms with Crippen LogP contribution in [0.5, 0.6) is 0 Å². The van der Waals surface area contributed by atoms with E-state index in [1.807, 2.05) is 7.05 Å². The van der Waals surface area contributed by atoms with Crippen molar-refractivity contribution in [2.24, 2.45) is 4.99 Å². The van der Waals surface area contributed by atoms with Gasteiger partial charge in [-0.3, -0.25) is 4.99 Å². The largest absolute Gasteiger partial charge is 0.379 e. The molecule has 1 aliphatic rings. The average molecular weight is 318 g/mol. The molecule has 0 spiro atoms. The summed E-state index contributed by atoms with van der Waals surface area (Å²) in [6, 6.07) is 11.0. The van der Waals surface area contributed by atoms with E-state index in [2.05, 4.69) is 64.7 Å². The molecular formula is C18H30N4O. The SMILES string of the molecule is CN=C(NCCCOC(C)C)NC1CCN(c2ccccc2)C1. The first-order valence-electron chi connectivity index (χ1n) is 8.58. The summed E-state index contributed by atoms with van der Waals surface area (Å²) < 4.78 is 5.55. The molecule has 2 rings (SSSR count). The lowest BCUT2D eigenvalue weighted by Gasteiger charge is -2.20. The van der Waals surface area contributed by atoms with Gasteiger partial charge in [0, 0.05) is 45.0 Å². The third-order valence-electron chi connectivity index (χ3n) is 3.94. The average Bonchev–Trinajstić information content (AvgIpc) is 3.02. The van der Waals surface area contributed by atoms with Crippen LogP contribution in [-0.2, 0) is 4.74 Å². The number of para-hydroxylation sites is 1. The molecule has 1 heterocycles. The van der Waals surface area contributed by atoms with Gasteiger partial charge in [-0.05, 0) is 38.8 Å². The normalized spacial score (nSPS) is 18.5. The first-order chi connectivity index (χ1) is 11.2. The molecular weight excluding hydrogens is 288 g/mol. The second kappa shape index (κ2) is 9.40. The van der Waals surface area contributed by atoms with E-state index in [1.54, 1.807) is 0 Å². The summed E-state index contributed by atoms with van der Waals surface area (Å²) >= 11 is 0. The summed E-state index contributed by atoms with van der Waals surface area (Å²) in [6.07, 6.45) is 2.42. The minimum Gasteiger partial charge on any atom is -0.379 e. The zero-order valence-corrected chi connectivity index (χ0v) is 14.6. The molecule has 1 saturated heterocycles. The van der Waals surface area contributed by atoms with E-state index in [-0.39, 0.29) is 0 Å². The van der Waals surface area contributed by atoms with Gasteiger partial charge < -0.3 is 20.3 Å². The molecule has 0 saturated carbocycles. The monoisotopic (exact) mass is 318 g/mol. The summed E-state index contributed by atoms with van der Waals surface area (Å²) in [5, 5.41) is 6.89. The number of hydrogen-bond acceptors (Lipinski definition) is 3. The number of ether oxygens (including phenoxy) is 1. The summed E-state index contributed by atoms with van der Waals surface area (Å²) in [5.74, 6) is 0.884. The Labute approximate surface area is 140 Å². The van der Waals surface area contributed by atoms with Gasteiger partial charge in [0.15, 0.2) is 5.96 Å². The number of hydrogen-bond donors (Lipinski definition) is 2. The molecule has 1 unspecified atom stereocenters. The zero-order valence-electron chi connectivity index (χ0n) is 14.6. The first kappa shape index (κ1) is 17.6. The van der Waals surface area contributed by atoms with Gasteiger partial charge in [0.05, 0.1) is 6.10 Å². The van der Waals surface area contributed by atoms with Gasteiger partial charge in [-0.15, -0.1) is 0 Å². The molecule has 5 nitrogen and oxygen atoms in total. The van der Waals surface area contributed by atoms with Gasteiger partial charge in [0.25, 0.3) is 0 Å². The highest BCUT2D eigenvalue weighted by Crippen LogP contribution is 2.19. The van der Waals surface area contributed by atoms with E-state index < -0.39 is 0 Å². The molecule has 128 valence electrons. The second-order valence-electron chi connectivity index (χ2n) is 6.18. The smallest absolute Gasteiger partial charge is 0.191 e. The maximum absolute atomic E-state index is 5.55. The fourth-order valence-corrected chi connectivity index (χ4v) is 2.74. The highest BCUT2D eigenvalue weighted by Gasteiger charge is 2.23. The third kappa shape index (κ3) is 6.10. The summed E-state index contributed by atoms with van der Waals surface area (Å²) in [5.41, 5.74) is 1.30. The van der Waals surface area contributed by atoms with E-state index in [9.17, 15) is 0 Å². The van der Waals surface area contributed by atoms with Crippen LogP contribution in [0.15, 0.2) is 35.3 Å². The van der Waals surface area contributed by atoms with Gasteiger partial charge in [0.1, 0.15) is 0 Å². The van der Waals surface area contributed by atoms with Crippen molar-refractivity contribution in [3.8, 4) is 0 Å². The zero-order chi connectivity index (χ0) is 16.5. The molecule has 1 aromatic rings. The maximum atomic E-state index is 5.55. The predicted molar refractivity (Wildman–Crippen MR) is 97.3 cm³/mol. The number of nitrogens with one attached hydrogen (secondary N) is 2. The van der Waals surface area contributed by atoms with Crippen molar-refractivity contribution in [3.05, 3.63) is 30.3 Å². The summed E-state index contributed by atoms with van der Waals surface area (Å²) in [7, 11) is 1.82. The van der Waals surface area contributed by atoms with Crippen LogP contribution in [-0.4, -0.2) is 51.4 Å². The van der Waals surface area contributed by atoms with E-state index in [1.165, 1.54) is 5.69 Å². The molecule has 23 heavy (non-hydrogen) atoms. The number of rotatable bonds is 7. The van der Waals surface area contributed by atoms with Gasteiger partial charge in [-0.2, -0.15) is 0 Å². The molecule has 0 bridgehead atoms. The Morgan fingerprint density at radius 2 is 2.13 bits per heavy atom. The van der Waals surface area contributed by atoms with Gasteiger partial charge in [-0.25, -0.2) is 0 Å². The fraction of sp³-hybridized carbons (Fsp3) is 0.611. The van der Waals surface area contributed by atoms with Crippen molar-refractivity contribution in [1.29, 1.82) is 0 Å². The molecule has 0 aliphatic carbocycles. The van der Waals surface area contributed by atoms with Crippen LogP contribution in [0.1, 0.15) is 26.7 Å². The van der Waals surface area contributed by atoms with E-state index in [0.29, 0.717) is 12.1 Å². The fourth-order valence-electron chi connectivity index (χ4n) is 2.74. The van der Waals surface area contributed by atoms with Crippen molar-refractivity contribution < 1.29 is 4.74 Å². The molecule has 2 N–H and O–H groups in total. The Hall–Kier alpha value is -1.75. The van der Waals surface area contributed by atoms with Crippen molar-refractivity contribution in [3.63, 3.8) is 0 Å². The lowest BCUT2D eigenvalue weighted by molar-refractivity contribution is 0.0776. The van der Waals surface area contributed by atoms with Crippen LogP contribution >= 0.6 is 0 Å². The molecule has 1 aliphatic heterocycles. The first-order valence-corrected chi connectivity index (χ1v) is 8.58. The number of benzene rings is 1. The Morgan fingerprint density at radius 1 is 1.35 bits per heavy atom. The van der Waals surface area contributed by atoms with Crippen LogP contribution in [0.4, 0.5) is 5.69 Å². The molecule has 1 fully saturated rings. The van der Waals surface area contributed by atoms with E-state index >= 15 is 0 Å². The lowest BCUT2D eigenvalue weighted by Crippen LogP contribution is -2.45. The number of guanidine groups is 1. The third-order valence-corrected chi connectivity index (χ3v) is 3.94. The molecule has 1 aromatic carbocycles. The Morgan fingerprint density at radius 3 is 2.83 bits per heavy atom. The quantitative estimate of drug-likeness (QED) is 0.460. The summed E-state index contributed by atoms with van der Waals surface area (Å²) in [4.78, 5) is 6.74. The number of aliphatic imine (C=N–C) groups is 1. The van der Waals surface area contributed by atoms with Gasteiger partial charge >= 0.3 is 0 Å². The van der Waals surface area contributed by atoms with Gasteiger partial charge in [0.2, 0.25) is 0 Å². The minimum absolute atomic E-state index is 0.301. The molecule has 0 radical (unpaired) electrons. The summed E-state index contributed by atoms with van der Waals surface area (Å²) in [6.45, 7) is 7.88. The second-order valence-corrected chi connectivity index (χ2v) is 6.18. The minimum atomic E-state index is 0.301. The Balaban J connectivity index is 1.69. The highest BCUT2D eigenvalue weighted by atomic mass is 16.5. The molecule has 0 amide bonds.